The Morgan fingerprint density at radius 3 is 2.75 bits per heavy atom. The maximum atomic E-state index is 5.37. The van der Waals surface area contributed by atoms with Gasteiger partial charge in [0, 0.05) is 29.0 Å². The summed E-state index contributed by atoms with van der Waals surface area (Å²) in [5.41, 5.74) is 2.98. The Labute approximate surface area is 116 Å². The third kappa shape index (κ3) is 1.91. The zero-order valence-corrected chi connectivity index (χ0v) is 10.7. The lowest BCUT2D eigenvalue weighted by molar-refractivity contribution is 0.174. The van der Waals surface area contributed by atoms with E-state index in [1.165, 1.54) is 0 Å². The van der Waals surface area contributed by atoms with E-state index in [2.05, 4.69) is 16.4 Å². The van der Waals surface area contributed by atoms with Crippen molar-refractivity contribution in [2.45, 2.75) is 0 Å². The van der Waals surface area contributed by atoms with Crippen molar-refractivity contribution >= 4 is 22.3 Å². The van der Waals surface area contributed by atoms with Gasteiger partial charge >= 0.3 is 0 Å². The molecule has 0 fully saturated rings. The molecule has 4 rings (SSSR count). The summed E-state index contributed by atoms with van der Waals surface area (Å²) in [4.78, 5) is 4.31. The maximum Gasteiger partial charge on any atom is 0.231 e. The molecule has 0 atom stereocenters. The zero-order valence-electron chi connectivity index (χ0n) is 10.7. The summed E-state index contributed by atoms with van der Waals surface area (Å²) in [6, 6.07) is 15.9. The molecule has 2 heterocycles. The standard InChI is InChI=1S/C16H12N2O2/c1-2-11-8-12(3-5-14(11)17-7-1)18-13-4-6-15-16(9-13)20-10-19-15/h1-9,18H,10H2. The van der Waals surface area contributed by atoms with Crippen LogP contribution < -0.4 is 14.8 Å². The summed E-state index contributed by atoms with van der Waals surface area (Å²) in [6.45, 7) is 0.292. The molecule has 4 nitrogen and oxygen atoms in total. The van der Waals surface area contributed by atoms with Gasteiger partial charge in [-0.15, -0.1) is 0 Å². The topological polar surface area (TPSA) is 43.4 Å². The number of aromatic nitrogens is 1. The van der Waals surface area contributed by atoms with E-state index in [1.807, 2.05) is 42.5 Å². The molecule has 0 bridgehead atoms. The van der Waals surface area contributed by atoms with E-state index in [1.54, 1.807) is 6.20 Å². The minimum absolute atomic E-state index is 0.292. The van der Waals surface area contributed by atoms with Crippen molar-refractivity contribution in [2.75, 3.05) is 12.1 Å². The zero-order chi connectivity index (χ0) is 13.4. The van der Waals surface area contributed by atoms with Crippen molar-refractivity contribution < 1.29 is 9.47 Å². The van der Waals surface area contributed by atoms with Gasteiger partial charge in [-0.2, -0.15) is 0 Å². The van der Waals surface area contributed by atoms with Crippen LogP contribution in [0.5, 0.6) is 11.5 Å². The van der Waals surface area contributed by atoms with Crippen molar-refractivity contribution in [3.05, 3.63) is 54.7 Å². The van der Waals surface area contributed by atoms with Crippen LogP contribution in [0.1, 0.15) is 0 Å². The van der Waals surface area contributed by atoms with Gasteiger partial charge in [-0.05, 0) is 36.4 Å². The van der Waals surface area contributed by atoms with Crippen molar-refractivity contribution in [1.82, 2.24) is 4.98 Å². The normalized spacial score (nSPS) is 12.6. The SMILES string of the molecule is c1cnc2ccc(Nc3ccc4c(c3)OCO4)cc2c1. The second kappa shape index (κ2) is 4.42. The van der Waals surface area contributed by atoms with Crippen LogP contribution in [-0.2, 0) is 0 Å². The Kier molecular flexibility index (Phi) is 2.45. The molecule has 1 aliphatic heterocycles. The van der Waals surface area contributed by atoms with Gasteiger partial charge in [-0.25, -0.2) is 0 Å². The largest absolute Gasteiger partial charge is 0.454 e. The Morgan fingerprint density at radius 2 is 1.75 bits per heavy atom. The number of rotatable bonds is 2. The fraction of sp³-hybridized carbons (Fsp3) is 0.0625. The quantitative estimate of drug-likeness (QED) is 0.766. The van der Waals surface area contributed by atoms with E-state index in [0.29, 0.717) is 6.79 Å². The molecule has 1 aromatic heterocycles. The number of ether oxygens (including phenoxy) is 2. The lowest BCUT2D eigenvalue weighted by Gasteiger charge is -2.08. The summed E-state index contributed by atoms with van der Waals surface area (Å²) < 4.78 is 10.7. The molecule has 20 heavy (non-hydrogen) atoms. The average molecular weight is 264 g/mol. The van der Waals surface area contributed by atoms with Gasteiger partial charge in [-0.1, -0.05) is 6.07 Å². The third-order valence-electron chi connectivity index (χ3n) is 3.26. The number of benzene rings is 2. The second-order valence-electron chi connectivity index (χ2n) is 4.60. The Balaban J connectivity index is 1.67. The van der Waals surface area contributed by atoms with Crippen LogP contribution in [0.4, 0.5) is 11.4 Å². The molecule has 0 spiro atoms. The second-order valence-corrected chi connectivity index (χ2v) is 4.60. The van der Waals surface area contributed by atoms with E-state index in [-0.39, 0.29) is 0 Å². The lowest BCUT2D eigenvalue weighted by atomic mass is 10.2. The number of hydrogen-bond acceptors (Lipinski definition) is 4. The van der Waals surface area contributed by atoms with Crippen LogP contribution in [-0.4, -0.2) is 11.8 Å². The summed E-state index contributed by atoms with van der Waals surface area (Å²) in [5, 5.41) is 4.47. The smallest absolute Gasteiger partial charge is 0.231 e. The molecule has 0 radical (unpaired) electrons. The number of anilines is 2. The van der Waals surface area contributed by atoms with Crippen molar-refractivity contribution in [3.8, 4) is 11.5 Å². The first-order valence-electron chi connectivity index (χ1n) is 6.40. The van der Waals surface area contributed by atoms with Gasteiger partial charge < -0.3 is 14.8 Å². The Hall–Kier alpha value is -2.75. The first-order valence-corrected chi connectivity index (χ1v) is 6.40. The molecule has 1 aliphatic rings. The van der Waals surface area contributed by atoms with Gasteiger partial charge in [-0.3, -0.25) is 4.98 Å². The maximum absolute atomic E-state index is 5.37. The van der Waals surface area contributed by atoms with Gasteiger partial charge in [0.1, 0.15) is 0 Å². The summed E-state index contributed by atoms with van der Waals surface area (Å²) in [7, 11) is 0. The fourth-order valence-electron chi connectivity index (χ4n) is 2.29. The molecule has 2 aromatic carbocycles. The van der Waals surface area contributed by atoms with E-state index in [4.69, 9.17) is 9.47 Å². The minimum Gasteiger partial charge on any atom is -0.454 e. The lowest BCUT2D eigenvalue weighted by Crippen LogP contribution is -1.93. The molecule has 98 valence electrons. The van der Waals surface area contributed by atoms with E-state index in [9.17, 15) is 0 Å². The average Bonchev–Trinajstić information content (AvgIpc) is 2.95. The van der Waals surface area contributed by atoms with Gasteiger partial charge in [0.15, 0.2) is 11.5 Å². The number of nitrogens with one attached hydrogen (secondary N) is 1. The first kappa shape index (κ1) is 11.1. The number of nitrogens with zero attached hydrogens (tertiary/aromatic N) is 1. The number of fused-ring (bicyclic) bond motifs is 2. The molecular weight excluding hydrogens is 252 g/mol. The Bertz CT molecular complexity index is 786. The van der Waals surface area contributed by atoms with Gasteiger partial charge in [0.25, 0.3) is 0 Å². The Morgan fingerprint density at radius 1 is 0.900 bits per heavy atom. The van der Waals surface area contributed by atoms with Crippen molar-refractivity contribution in [3.63, 3.8) is 0 Å². The minimum atomic E-state index is 0.292. The van der Waals surface area contributed by atoms with Crippen LogP contribution in [0.2, 0.25) is 0 Å². The van der Waals surface area contributed by atoms with E-state index >= 15 is 0 Å². The van der Waals surface area contributed by atoms with Gasteiger partial charge in [0.2, 0.25) is 6.79 Å². The van der Waals surface area contributed by atoms with Crippen LogP contribution in [0.3, 0.4) is 0 Å². The number of hydrogen-bond donors (Lipinski definition) is 1. The fourth-order valence-corrected chi connectivity index (χ4v) is 2.29. The highest BCUT2D eigenvalue weighted by atomic mass is 16.7. The molecule has 0 amide bonds. The van der Waals surface area contributed by atoms with Crippen LogP contribution in [0, 0.1) is 0 Å². The molecule has 4 heteroatoms. The molecular formula is C16H12N2O2. The number of pyridine rings is 1. The molecule has 3 aromatic rings. The van der Waals surface area contributed by atoms with E-state index in [0.717, 1.165) is 33.8 Å². The van der Waals surface area contributed by atoms with Gasteiger partial charge in [0.05, 0.1) is 5.52 Å². The van der Waals surface area contributed by atoms with Crippen LogP contribution >= 0.6 is 0 Å². The van der Waals surface area contributed by atoms with Crippen molar-refractivity contribution in [2.24, 2.45) is 0 Å². The van der Waals surface area contributed by atoms with E-state index < -0.39 is 0 Å². The summed E-state index contributed by atoms with van der Waals surface area (Å²) >= 11 is 0. The first-order chi connectivity index (χ1) is 9.88. The third-order valence-corrected chi connectivity index (χ3v) is 3.26. The highest BCUT2D eigenvalue weighted by molar-refractivity contribution is 5.83. The monoisotopic (exact) mass is 264 g/mol. The molecule has 0 saturated heterocycles. The van der Waals surface area contributed by atoms with Crippen molar-refractivity contribution in [1.29, 1.82) is 0 Å². The molecule has 0 aliphatic carbocycles. The van der Waals surface area contributed by atoms with Crippen LogP contribution in [0.15, 0.2) is 54.7 Å². The predicted octanol–water partition coefficient (Wildman–Crippen LogP) is 3.71. The summed E-state index contributed by atoms with van der Waals surface area (Å²) in [5.74, 6) is 1.57. The molecule has 0 saturated carbocycles. The summed E-state index contributed by atoms with van der Waals surface area (Å²) in [6.07, 6.45) is 1.80. The molecule has 1 N–H and O–H groups in total. The predicted molar refractivity (Wildman–Crippen MR) is 77.6 cm³/mol. The highest BCUT2D eigenvalue weighted by Crippen LogP contribution is 2.35. The highest BCUT2D eigenvalue weighted by Gasteiger charge is 2.13. The van der Waals surface area contributed by atoms with Crippen LogP contribution in [0.25, 0.3) is 10.9 Å². The molecule has 0 unspecified atom stereocenters.